The lowest BCUT2D eigenvalue weighted by Gasteiger charge is -2.32. The van der Waals surface area contributed by atoms with Crippen molar-refractivity contribution >= 4 is 5.91 Å². The molecule has 0 spiro atoms. The highest BCUT2D eigenvalue weighted by Crippen LogP contribution is 2.28. The Balaban J connectivity index is 1.64. The van der Waals surface area contributed by atoms with E-state index in [1.807, 2.05) is 6.92 Å². The fraction of sp³-hybridized carbons (Fsp3) is 0.421. The fourth-order valence-electron chi connectivity index (χ4n) is 2.97. The van der Waals surface area contributed by atoms with Crippen molar-refractivity contribution in [2.45, 2.75) is 32.0 Å². The molecule has 0 aliphatic carbocycles. The summed E-state index contributed by atoms with van der Waals surface area (Å²) in [6.45, 7) is 3.22. The Morgan fingerprint density at radius 3 is 2.68 bits per heavy atom. The molecule has 2 aromatic rings. The molecule has 0 N–H and O–H groups in total. The Hall–Kier alpha value is -2.84. The van der Waals surface area contributed by atoms with E-state index in [1.54, 1.807) is 29.2 Å². The number of rotatable bonds is 5. The van der Waals surface area contributed by atoms with Crippen LogP contribution in [0.3, 0.4) is 0 Å². The first-order valence-electron chi connectivity index (χ1n) is 8.96. The molecule has 1 amide bonds. The van der Waals surface area contributed by atoms with Crippen LogP contribution in [0.1, 0.15) is 35.8 Å². The molecule has 1 saturated heterocycles. The zero-order valence-electron chi connectivity index (χ0n) is 15.3. The lowest BCUT2D eigenvalue weighted by atomic mass is 10.1. The third-order valence-electron chi connectivity index (χ3n) is 4.27. The Morgan fingerprint density at radius 2 is 2.00 bits per heavy atom. The predicted molar refractivity (Wildman–Crippen MR) is 94.2 cm³/mol. The highest BCUT2D eigenvalue weighted by molar-refractivity contribution is 5.94. The molecule has 1 aromatic heterocycles. The molecule has 0 saturated carbocycles. The van der Waals surface area contributed by atoms with Gasteiger partial charge in [0.25, 0.3) is 5.91 Å². The standard InChI is InChI=1S/C19H20F3N3O3/c1-2-27-14-7-5-13(6-8-14)17(26)25-11-3-4-15(12-25)28-18-23-10-9-16(24-18)19(20,21)22/h5-10,15H,2-4,11-12H2,1H3. The summed E-state index contributed by atoms with van der Waals surface area (Å²) in [6.07, 6.45) is -2.75. The number of aromatic nitrogens is 2. The van der Waals surface area contributed by atoms with Gasteiger partial charge in [-0.2, -0.15) is 18.2 Å². The Bertz CT molecular complexity index is 812. The van der Waals surface area contributed by atoms with Gasteiger partial charge in [-0.25, -0.2) is 4.98 Å². The Kier molecular flexibility index (Phi) is 6.01. The summed E-state index contributed by atoms with van der Waals surface area (Å²) >= 11 is 0. The number of hydrogen-bond donors (Lipinski definition) is 0. The number of nitrogens with zero attached hydrogens (tertiary/aromatic N) is 3. The molecule has 3 rings (SSSR count). The average Bonchev–Trinajstić information content (AvgIpc) is 2.68. The normalized spacial score (nSPS) is 17.3. The van der Waals surface area contributed by atoms with Crippen molar-refractivity contribution in [2.24, 2.45) is 0 Å². The zero-order valence-corrected chi connectivity index (χ0v) is 15.3. The van der Waals surface area contributed by atoms with Gasteiger partial charge in [-0.15, -0.1) is 0 Å². The summed E-state index contributed by atoms with van der Waals surface area (Å²) in [4.78, 5) is 21.5. The number of ether oxygens (including phenoxy) is 2. The van der Waals surface area contributed by atoms with Gasteiger partial charge in [0.2, 0.25) is 0 Å². The minimum atomic E-state index is -4.57. The topological polar surface area (TPSA) is 64.5 Å². The van der Waals surface area contributed by atoms with Crippen LogP contribution in [-0.2, 0) is 6.18 Å². The van der Waals surface area contributed by atoms with Crippen LogP contribution in [0.2, 0.25) is 0 Å². The minimum Gasteiger partial charge on any atom is -0.494 e. The second-order valence-corrected chi connectivity index (χ2v) is 6.31. The number of hydrogen-bond acceptors (Lipinski definition) is 5. The molecule has 6 nitrogen and oxygen atoms in total. The maximum Gasteiger partial charge on any atom is 0.433 e. The van der Waals surface area contributed by atoms with E-state index in [0.29, 0.717) is 37.3 Å². The van der Waals surface area contributed by atoms with Gasteiger partial charge < -0.3 is 14.4 Å². The van der Waals surface area contributed by atoms with Crippen LogP contribution in [0.4, 0.5) is 13.2 Å². The summed E-state index contributed by atoms with van der Waals surface area (Å²) < 4.78 is 49.2. The van der Waals surface area contributed by atoms with Crippen molar-refractivity contribution in [2.75, 3.05) is 19.7 Å². The van der Waals surface area contributed by atoms with Crippen LogP contribution in [0.5, 0.6) is 11.8 Å². The van der Waals surface area contributed by atoms with Crippen molar-refractivity contribution in [3.05, 3.63) is 47.8 Å². The lowest BCUT2D eigenvalue weighted by Crippen LogP contribution is -2.44. The molecule has 1 aromatic carbocycles. The van der Waals surface area contributed by atoms with Crippen LogP contribution in [0.15, 0.2) is 36.5 Å². The molecular weight excluding hydrogens is 375 g/mol. The molecule has 150 valence electrons. The number of piperidine rings is 1. The molecule has 1 atom stereocenters. The molecule has 2 heterocycles. The van der Waals surface area contributed by atoms with Crippen LogP contribution in [0.25, 0.3) is 0 Å². The average molecular weight is 395 g/mol. The number of benzene rings is 1. The van der Waals surface area contributed by atoms with Crippen molar-refractivity contribution in [3.63, 3.8) is 0 Å². The smallest absolute Gasteiger partial charge is 0.433 e. The molecule has 1 fully saturated rings. The monoisotopic (exact) mass is 395 g/mol. The van der Waals surface area contributed by atoms with Gasteiger partial charge in [-0.1, -0.05) is 0 Å². The van der Waals surface area contributed by atoms with Gasteiger partial charge in [0.05, 0.1) is 13.2 Å². The van der Waals surface area contributed by atoms with E-state index in [1.165, 1.54) is 0 Å². The van der Waals surface area contributed by atoms with Gasteiger partial charge in [0.15, 0.2) is 5.69 Å². The van der Waals surface area contributed by atoms with Gasteiger partial charge in [-0.3, -0.25) is 4.79 Å². The van der Waals surface area contributed by atoms with Gasteiger partial charge in [0, 0.05) is 18.3 Å². The number of carbonyl (C=O) groups excluding carboxylic acids is 1. The van der Waals surface area contributed by atoms with Crippen molar-refractivity contribution < 1.29 is 27.4 Å². The van der Waals surface area contributed by atoms with Gasteiger partial charge in [-0.05, 0) is 50.1 Å². The largest absolute Gasteiger partial charge is 0.494 e. The second kappa shape index (κ2) is 8.45. The minimum absolute atomic E-state index is 0.165. The number of carbonyl (C=O) groups is 1. The third kappa shape index (κ3) is 4.90. The molecule has 9 heteroatoms. The van der Waals surface area contributed by atoms with Gasteiger partial charge in [0.1, 0.15) is 11.9 Å². The van der Waals surface area contributed by atoms with Crippen molar-refractivity contribution in [3.8, 4) is 11.8 Å². The first kappa shape index (κ1) is 19.9. The van der Waals surface area contributed by atoms with E-state index in [9.17, 15) is 18.0 Å². The van der Waals surface area contributed by atoms with Crippen LogP contribution >= 0.6 is 0 Å². The number of halogens is 3. The second-order valence-electron chi connectivity index (χ2n) is 6.31. The number of amides is 1. The predicted octanol–water partition coefficient (Wildman–Crippen LogP) is 3.58. The van der Waals surface area contributed by atoms with Crippen LogP contribution in [0, 0.1) is 0 Å². The van der Waals surface area contributed by atoms with Crippen LogP contribution < -0.4 is 9.47 Å². The van der Waals surface area contributed by atoms with E-state index in [-0.39, 0.29) is 18.5 Å². The maximum absolute atomic E-state index is 12.8. The van der Waals surface area contributed by atoms with E-state index < -0.39 is 18.0 Å². The fourth-order valence-corrected chi connectivity index (χ4v) is 2.97. The Labute approximate surface area is 160 Å². The van der Waals surface area contributed by atoms with Crippen molar-refractivity contribution in [1.82, 2.24) is 14.9 Å². The molecular formula is C19H20F3N3O3. The molecule has 28 heavy (non-hydrogen) atoms. The number of alkyl halides is 3. The SMILES string of the molecule is CCOc1ccc(C(=O)N2CCCC(Oc3nccc(C(F)(F)F)n3)C2)cc1. The highest BCUT2D eigenvalue weighted by Gasteiger charge is 2.33. The molecule has 0 bridgehead atoms. The number of likely N-dealkylation sites (tertiary alicyclic amines) is 1. The Morgan fingerprint density at radius 1 is 1.25 bits per heavy atom. The van der Waals surface area contributed by atoms with E-state index in [4.69, 9.17) is 9.47 Å². The van der Waals surface area contributed by atoms with Crippen molar-refractivity contribution in [1.29, 1.82) is 0 Å². The van der Waals surface area contributed by atoms with Gasteiger partial charge >= 0.3 is 12.2 Å². The zero-order chi connectivity index (χ0) is 20.1. The molecule has 0 radical (unpaired) electrons. The van der Waals surface area contributed by atoms with E-state index >= 15 is 0 Å². The first-order valence-corrected chi connectivity index (χ1v) is 8.96. The summed E-state index contributed by atoms with van der Waals surface area (Å²) in [5, 5.41) is 0. The van der Waals surface area contributed by atoms with E-state index in [2.05, 4.69) is 9.97 Å². The first-order chi connectivity index (χ1) is 13.4. The lowest BCUT2D eigenvalue weighted by molar-refractivity contribution is -0.141. The highest BCUT2D eigenvalue weighted by atomic mass is 19.4. The molecule has 1 aliphatic heterocycles. The quantitative estimate of drug-likeness (QED) is 0.774. The summed E-state index contributed by atoms with van der Waals surface area (Å²) in [5.74, 6) is 0.516. The van der Waals surface area contributed by atoms with Crippen LogP contribution in [-0.4, -0.2) is 46.6 Å². The maximum atomic E-state index is 12.8. The summed E-state index contributed by atoms with van der Waals surface area (Å²) in [5.41, 5.74) is -0.546. The van der Waals surface area contributed by atoms with E-state index in [0.717, 1.165) is 12.3 Å². The molecule has 1 aliphatic rings. The molecule has 1 unspecified atom stereocenters. The third-order valence-corrected chi connectivity index (χ3v) is 4.27. The summed E-state index contributed by atoms with van der Waals surface area (Å²) in [7, 11) is 0. The summed E-state index contributed by atoms with van der Waals surface area (Å²) in [6, 6.07) is 7.28.